The van der Waals surface area contributed by atoms with Crippen LogP contribution in [0.5, 0.6) is 0 Å². The van der Waals surface area contributed by atoms with Gasteiger partial charge < -0.3 is 9.97 Å². The van der Waals surface area contributed by atoms with Gasteiger partial charge in [0, 0.05) is 34.9 Å². The molecule has 5 rings (SSSR count). The van der Waals surface area contributed by atoms with E-state index < -0.39 is 0 Å². The van der Waals surface area contributed by atoms with Gasteiger partial charge in [0.2, 0.25) is 0 Å². The first-order valence-electron chi connectivity index (χ1n) is 17.6. The van der Waals surface area contributed by atoms with Gasteiger partial charge in [0.15, 0.2) is 0 Å². The van der Waals surface area contributed by atoms with Gasteiger partial charge in [-0.25, -0.2) is 9.97 Å². The predicted octanol–water partition coefficient (Wildman–Crippen LogP) is 10.7. The molecule has 2 N–H and O–H groups in total. The maximum Gasteiger partial charge on any atom is 0.0818 e. The average molecular weight is 612 g/mol. The highest BCUT2D eigenvalue weighted by Crippen LogP contribution is 2.38. The van der Waals surface area contributed by atoms with Crippen molar-refractivity contribution in [2.75, 3.05) is 0 Å². The van der Waals surface area contributed by atoms with E-state index in [1.165, 1.54) is 50.0 Å². The standard InChI is InChI=1S/C41H49N5/c1-8-26-27(9-2)35-23-37-30(12-5)31(13-6)39(45-37)25-41-33(20-18-16-15-17-19-21-42)32(14-7)40(46-41)24-38-29(11-4)28(10-3)36(44-38)22-34(26)43-35/h22-25,43-44H,8-17,19H2,1-7H3. The molecule has 5 nitrogen and oxygen atoms in total. The normalized spacial score (nSPS) is 12.8. The minimum Gasteiger partial charge on any atom is -0.355 e. The summed E-state index contributed by atoms with van der Waals surface area (Å²) in [5.41, 5.74) is 18.9. The van der Waals surface area contributed by atoms with E-state index in [2.05, 4.69) is 101 Å². The summed E-state index contributed by atoms with van der Waals surface area (Å²) in [4.78, 5) is 18.3. The third-order valence-electron chi connectivity index (χ3n) is 9.55. The lowest BCUT2D eigenvalue weighted by atomic mass is 9.98. The molecule has 0 radical (unpaired) electrons. The van der Waals surface area contributed by atoms with Gasteiger partial charge in [-0.05, 0) is 121 Å². The van der Waals surface area contributed by atoms with Gasteiger partial charge in [0.05, 0.1) is 34.4 Å². The Morgan fingerprint density at radius 1 is 0.522 bits per heavy atom. The van der Waals surface area contributed by atoms with Crippen LogP contribution in [0.1, 0.15) is 138 Å². The quantitative estimate of drug-likeness (QED) is 0.177. The Hall–Kier alpha value is -4.35. The number of fused-ring (bicyclic) bond motifs is 8. The van der Waals surface area contributed by atoms with Gasteiger partial charge >= 0.3 is 0 Å². The van der Waals surface area contributed by atoms with Gasteiger partial charge in [-0.2, -0.15) is 5.26 Å². The Balaban J connectivity index is 1.92. The molecule has 0 saturated carbocycles. The summed E-state index contributed by atoms with van der Waals surface area (Å²) in [6.07, 6.45) is 9.67. The third kappa shape index (κ3) is 6.21. The molecule has 5 heteroatoms. The van der Waals surface area contributed by atoms with Crippen LogP contribution in [0.25, 0.3) is 44.4 Å². The molecule has 46 heavy (non-hydrogen) atoms. The largest absolute Gasteiger partial charge is 0.355 e. The van der Waals surface area contributed by atoms with E-state index in [0.717, 1.165) is 104 Å². The van der Waals surface area contributed by atoms with E-state index >= 15 is 0 Å². The Morgan fingerprint density at radius 3 is 1.43 bits per heavy atom. The second-order valence-electron chi connectivity index (χ2n) is 12.1. The number of aromatic nitrogens is 4. The second-order valence-corrected chi connectivity index (χ2v) is 12.1. The molecule has 0 aromatic carbocycles. The van der Waals surface area contributed by atoms with Crippen LogP contribution in [0.15, 0.2) is 24.3 Å². The number of aromatic amines is 2. The number of aryl methyl sites for hydroxylation is 4. The highest BCUT2D eigenvalue weighted by Gasteiger charge is 2.22. The van der Waals surface area contributed by atoms with Gasteiger partial charge in [-0.3, -0.25) is 0 Å². The fourth-order valence-electron chi connectivity index (χ4n) is 7.32. The smallest absolute Gasteiger partial charge is 0.0818 e. The van der Waals surface area contributed by atoms with E-state index in [1.807, 2.05) is 0 Å². The molecule has 2 aliphatic rings. The third-order valence-corrected chi connectivity index (χ3v) is 9.55. The number of nitrogens with zero attached hydrogens (tertiary/aromatic N) is 3. The Morgan fingerprint density at radius 2 is 0.957 bits per heavy atom. The Labute approximate surface area is 275 Å². The van der Waals surface area contributed by atoms with Crippen LogP contribution >= 0.6 is 0 Å². The number of hydrogen-bond donors (Lipinski definition) is 2. The average Bonchev–Trinajstić information content (AvgIpc) is 3.78. The number of allylic oxidation sites excluding steroid dienone is 4. The van der Waals surface area contributed by atoms with Crippen molar-refractivity contribution < 1.29 is 0 Å². The van der Waals surface area contributed by atoms with Crippen molar-refractivity contribution in [2.45, 2.75) is 119 Å². The van der Waals surface area contributed by atoms with E-state index in [-0.39, 0.29) is 0 Å². The summed E-state index contributed by atoms with van der Waals surface area (Å²) in [7, 11) is 0. The zero-order valence-electron chi connectivity index (χ0n) is 28.9. The molecule has 238 valence electrons. The molecule has 2 aliphatic heterocycles. The van der Waals surface area contributed by atoms with E-state index in [0.29, 0.717) is 6.42 Å². The molecule has 3 aromatic heterocycles. The number of nitriles is 1. The minimum atomic E-state index is 0.581. The monoisotopic (exact) mass is 611 g/mol. The molecule has 0 unspecified atom stereocenters. The minimum absolute atomic E-state index is 0.581. The molecule has 5 heterocycles. The van der Waals surface area contributed by atoms with E-state index in [1.54, 1.807) is 0 Å². The molecular formula is C41H49N5. The van der Waals surface area contributed by atoms with Crippen molar-refractivity contribution in [2.24, 2.45) is 0 Å². The molecule has 8 bridgehead atoms. The van der Waals surface area contributed by atoms with Crippen LogP contribution in [0, 0.1) is 23.2 Å². The van der Waals surface area contributed by atoms with Crippen LogP contribution in [-0.4, -0.2) is 19.9 Å². The first-order chi connectivity index (χ1) is 22.5. The molecule has 0 atom stereocenters. The zero-order chi connectivity index (χ0) is 32.8. The number of rotatable bonds is 10. The number of hydrogen-bond acceptors (Lipinski definition) is 3. The van der Waals surface area contributed by atoms with Crippen LogP contribution in [0.4, 0.5) is 0 Å². The molecule has 0 aliphatic carbocycles. The first kappa shape index (κ1) is 33.0. The van der Waals surface area contributed by atoms with Crippen molar-refractivity contribution >= 4 is 44.4 Å². The Kier molecular flexibility index (Phi) is 10.6. The van der Waals surface area contributed by atoms with E-state index in [4.69, 9.17) is 15.2 Å². The summed E-state index contributed by atoms with van der Waals surface area (Å²) in [6, 6.07) is 11.3. The topological polar surface area (TPSA) is 81.1 Å². The predicted molar refractivity (Wildman–Crippen MR) is 195 cm³/mol. The molecule has 0 saturated heterocycles. The lowest BCUT2D eigenvalue weighted by Crippen LogP contribution is -1.87. The maximum atomic E-state index is 8.93. The molecule has 3 aromatic rings. The summed E-state index contributed by atoms with van der Waals surface area (Å²) in [5.74, 6) is 6.96. The van der Waals surface area contributed by atoms with Gasteiger partial charge in [0.1, 0.15) is 0 Å². The zero-order valence-corrected chi connectivity index (χ0v) is 28.9. The second kappa shape index (κ2) is 14.8. The van der Waals surface area contributed by atoms with Crippen molar-refractivity contribution in [1.29, 1.82) is 5.26 Å². The van der Waals surface area contributed by atoms with Crippen molar-refractivity contribution in [3.63, 3.8) is 0 Å². The summed E-state index contributed by atoms with van der Waals surface area (Å²) >= 11 is 0. The van der Waals surface area contributed by atoms with Gasteiger partial charge in [0.25, 0.3) is 0 Å². The number of H-pyrrole nitrogens is 2. The lowest BCUT2D eigenvalue weighted by molar-refractivity contribution is 0.778. The number of nitrogens with one attached hydrogen (secondary N) is 2. The summed E-state index contributed by atoms with van der Waals surface area (Å²) in [6.45, 7) is 15.7. The SMILES string of the molecule is CCC1=C(C#CCCCCC#N)c2cc3nc(cc4[nH]c(cc5[nH]c(cc1n2)c(CC)c5CC)c(CC)c4CC)C(CC)=C3CC. The Bertz CT molecular complexity index is 1960. The highest BCUT2D eigenvalue weighted by molar-refractivity contribution is 6.01. The molecule has 0 amide bonds. The summed E-state index contributed by atoms with van der Waals surface area (Å²) < 4.78 is 0. The fraction of sp³-hybridized carbons (Fsp3) is 0.439. The van der Waals surface area contributed by atoms with Gasteiger partial charge in [-0.1, -0.05) is 60.3 Å². The van der Waals surface area contributed by atoms with Crippen molar-refractivity contribution in [3.8, 4) is 17.9 Å². The van der Waals surface area contributed by atoms with Crippen molar-refractivity contribution in [1.82, 2.24) is 19.9 Å². The van der Waals surface area contributed by atoms with Crippen molar-refractivity contribution in [3.05, 3.63) is 69.3 Å². The van der Waals surface area contributed by atoms with Crippen LogP contribution < -0.4 is 0 Å². The van der Waals surface area contributed by atoms with E-state index in [9.17, 15) is 0 Å². The highest BCUT2D eigenvalue weighted by atomic mass is 14.8. The maximum absolute atomic E-state index is 8.93. The lowest BCUT2D eigenvalue weighted by Gasteiger charge is -2.03. The van der Waals surface area contributed by atoms with Gasteiger partial charge in [-0.15, -0.1) is 0 Å². The first-order valence-corrected chi connectivity index (χ1v) is 17.6. The number of unbranched alkanes of at least 4 members (excludes halogenated alkanes) is 3. The molecular weight excluding hydrogens is 562 g/mol. The van der Waals surface area contributed by atoms with Crippen LogP contribution in [-0.2, 0) is 25.7 Å². The molecule has 0 fully saturated rings. The fourth-order valence-corrected chi connectivity index (χ4v) is 7.32. The summed E-state index contributed by atoms with van der Waals surface area (Å²) in [5, 5.41) is 8.93. The molecule has 0 spiro atoms. The van der Waals surface area contributed by atoms with Crippen LogP contribution in [0.3, 0.4) is 0 Å². The van der Waals surface area contributed by atoms with Crippen LogP contribution in [0.2, 0.25) is 0 Å².